The molecule has 4 nitrogen and oxygen atoms in total. The number of fused-ring (bicyclic) bond motifs is 1. The summed E-state index contributed by atoms with van der Waals surface area (Å²) in [5, 5.41) is 10.6. The molecule has 4 heteroatoms. The van der Waals surface area contributed by atoms with Gasteiger partial charge in [-0.15, -0.1) is 0 Å². The van der Waals surface area contributed by atoms with Crippen molar-refractivity contribution in [3.05, 3.63) is 23.8 Å². The fraction of sp³-hybridized carbons (Fsp3) is 0.714. The minimum atomic E-state index is -0.456. The summed E-state index contributed by atoms with van der Waals surface area (Å²) in [6.45, 7) is 2.68. The fourth-order valence-electron chi connectivity index (χ4n) is 3.22. The molecule has 1 N–H and O–H groups in total. The molecule has 98 valence electrons. The van der Waals surface area contributed by atoms with E-state index in [-0.39, 0.29) is 0 Å². The maximum Gasteiger partial charge on any atom is 0.115 e. The van der Waals surface area contributed by atoms with Crippen LogP contribution in [-0.4, -0.2) is 38.7 Å². The Kier molecular flexibility index (Phi) is 3.31. The predicted octanol–water partition coefficient (Wildman–Crippen LogP) is 1.53. The van der Waals surface area contributed by atoms with Gasteiger partial charge in [-0.2, -0.15) is 0 Å². The summed E-state index contributed by atoms with van der Waals surface area (Å²) in [4.78, 5) is 10.8. The maximum atomic E-state index is 10.6. The van der Waals surface area contributed by atoms with Gasteiger partial charge in [0, 0.05) is 25.8 Å². The summed E-state index contributed by atoms with van der Waals surface area (Å²) < 4.78 is 0. The van der Waals surface area contributed by atoms with Crippen LogP contribution in [0.25, 0.3) is 0 Å². The van der Waals surface area contributed by atoms with Gasteiger partial charge in [-0.1, -0.05) is 19.3 Å². The van der Waals surface area contributed by atoms with Crippen LogP contribution >= 0.6 is 0 Å². The zero-order valence-corrected chi connectivity index (χ0v) is 10.8. The maximum absolute atomic E-state index is 10.6. The van der Waals surface area contributed by atoms with Crippen LogP contribution in [0.15, 0.2) is 12.5 Å². The van der Waals surface area contributed by atoms with E-state index in [0.717, 1.165) is 44.6 Å². The molecule has 0 radical (unpaired) electrons. The highest BCUT2D eigenvalue weighted by molar-refractivity contribution is 5.18. The lowest BCUT2D eigenvalue weighted by Gasteiger charge is -2.38. The monoisotopic (exact) mass is 247 g/mol. The number of rotatable bonds is 2. The van der Waals surface area contributed by atoms with Gasteiger partial charge in [0.15, 0.2) is 0 Å². The van der Waals surface area contributed by atoms with Crippen molar-refractivity contribution in [2.75, 3.05) is 13.1 Å². The van der Waals surface area contributed by atoms with E-state index in [1.54, 1.807) is 6.33 Å². The van der Waals surface area contributed by atoms with Crippen LogP contribution in [0.3, 0.4) is 0 Å². The van der Waals surface area contributed by atoms with Gasteiger partial charge in [-0.25, -0.2) is 9.97 Å². The standard InChI is InChI=1S/C14H21N3O/c18-14(5-2-1-3-6-14)10-17-7-4-12-8-15-11-16-13(12)9-17/h8,11,18H,1-7,9-10H2. The molecule has 1 aliphatic heterocycles. The first-order valence-electron chi connectivity index (χ1n) is 6.98. The van der Waals surface area contributed by atoms with E-state index >= 15 is 0 Å². The normalized spacial score (nSPS) is 23.6. The Morgan fingerprint density at radius 2 is 2.11 bits per heavy atom. The minimum Gasteiger partial charge on any atom is -0.389 e. The number of aromatic nitrogens is 2. The third-order valence-corrected chi connectivity index (χ3v) is 4.25. The van der Waals surface area contributed by atoms with Gasteiger partial charge in [-0.3, -0.25) is 4.90 Å². The van der Waals surface area contributed by atoms with Gasteiger partial charge in [0.2, 0.25) is 0 Å². The highest BCUT2D eigenvalue weighted by Crippen LogP contribution is 2.30. The Hall–Kier alpha value is -1.00. The van der Waals surface area contributed by atoms with Crippen LogP contribution < -0.4 is 0 Å². The van der Waals surface area contributed by atoms with Gasteiger partial charge in [0.1, 0.15) is 6.33 Å². The highest BCUT2D eigenvalue weighted by Gasteiger charge is 2.32. The summed E-state index contributed by atoms with van der Waals surface area (Å²) in [5.74, 6) is 0. The Bertz CT molecular complexity index is 415. The molecule has 0 aromatic carbocycles. The number of nitrogens with zero attached hydrogens (tertiary/aromatic N) is 3. The molecule has 3 rings (SSSR count). The first-order valence-corrected chi connectivity index (χ1v) is 6.98. The van der Waals surface area contributed by atoms with Crippen molar-refractivity contribution in [1.29, 1.82) is 0 Å². The van der Waals surface area contributed by atoms with E-state index in [0.29, 0.717) is 0 Å². The van der Waals surface area contributed by atoms with Crippen molar-refractivity contribution >= 4 is 0 Å². The summed E-state index contributed by atoms with van der Waals surface area (Å²) in [6, 6.07) is 0. The molecule has 0 spiro atoms. The molecule has 0 bridgehead atoms. The Balaban J connectivity index is 1.65. The highest BCUT2D eigenvalue weighted by atomic mass is 16.3. The average Bonchev–Trinajstić information content (AvgIpc) is 2.39. The van der Waals surface area contributed by atoms with Crippen molar-refractivity contribution in [3.63, 3.8) is 0 Å². The van der Waals surface area contributed by atoms with Gasteiger partial charge >= 0.3 is 0 Å². The first-order chi connectivity index (χ1) is 8.75. The molecule has 0 amide bonds. The lowest BCUT2D eigenvalue weighted by molar-refractivity contribution is -0.0294. The Morgan fingerprint density at radius 1 is 1.28 bits per heavy atom. The molecule has 0 unspecified atom stereocenters. The third-order valence-electron chi connectivity index (χ3n) is 4.25. The molecular weight excluding hydrogens is 226 g/mol. The lowest BCUT2D eigenvalue weighted by Crippen LogP contribution is -2.46. The summed E-state index contributed by atoms with van der Waals surface area (Å²) >= 11 is 0. The predicted molar refractivity (Wildman–Crippen MR) is 69.0 cm³/mol. The van der Waals surface area contributed by atoms with Crippen LogP contribution in [0.5, 0.6) is 0 Å². The molecular formula is C14H21N3O. The first kappa shape index (κ1) is 12.1. The van der Waals surface area contributed by atoms with E-state index in [1.807, 2.05) is 6.20 Å². The van der Waals surface area contributed by atoms with Gasteiger partial charge < -0.3 is 5.11 Å². The van der Waals surface area contributed by atoms with Crippen molar-refractivity contribution in [2.45, 2.75) is 50.7 Å². The third kappa shape index (κ3) is 2.54. The van der Waals surface area contributed by atoms with Gasteiger partial charge in [0.05, 0.1) is 11.3 Å². The molecule has 1 aromatic rings. The second-order valence-corrected chi connectivity index (χ2v) is 5.74. The number of hydrogen-bond donors (Lipinski definition) is 1. The average molecular weight is 247 g/mol. The van der Waals surface area contributed by atoms with Crippen molar-refractivity contribution in [3.8, 4) is 0 Å². The van der Waals surface area contributed by atoms with E-state index in [1.165, 1.54) is 24.8 Å². The smallest absolute Gasteiger partial charge is 0.115 e. The Morgan fingerprint density at radius 3 is 2.94 bits per heavy atom. The summed E-state index contributed by atoms with van der Waals surface area (Å²) in [5.41, 5.74) is 1.95. The van der Waals surface area contributed by atoms with Gasteiger partial charge in [-0.05, 0) is 24.8 Å². The molecule has 1 fully saturated rings. The lowest BCUT2D eigenvalue weighted by atomic mass is 9.84. The van der Waals surface area contributed by atoms with Crippen LogP contribution in [0.4, 0.5) is 0 Å². The van der Waals surface area contributed by atoms with Crippen LogP contribution in [0, 0.1) is 0 Å². The summed E-state index contributed by atoms with van der Waals surface area (Å²) in [6.07, 6.45) is 10.1. The topological polar surface area (TPSA) is 49.2 Å². The molecule has 1 saturated carbocycles. The largest absolute Gasteiger partial charge is 0.389 e. The van der Waals surface area contributed by atoms with Gasteiger partial charge in [0.25, 0.3) is 0 Å². The summed E-state index contributed by atoms with van der Waals surface area (Å²) in [7, 11) is 0. The van der Waals surface area contributed by atoms with Crippen molar-refractivity contribution in [2.24, 2.45) is 0 Å². The van der Waals surface area contributed by atoms with E-state index in [4.69, 9.17) is 0 Å². The van der Waals surface area contributed by atoms with Crippen molar-refractivity contribution in [1.82, 2.24) is 14.9 Å². The molecule has 1 aliphatic carbocycles. The number of β-amino-alcohol motifs (C(OH)–C–C–N with tert-alkyl or cyclic N) is 1. The molecule has 18 heavy (non-hydrogen) atoms. The Labute approximate surface area is 108 Å². The second-order valence-electron chi connectivity index (χ2n) is 5.74. The zero-order chi connectivity index (χ0) is 12.4. The fourth-order valence-corrected chi connectivity index (χ4v) is 3.22. The number of aliphatic hydroxyl groups is 1. The quantitative estimate of drug-likeness (QED) is 0.861. The van der Waals surface area contributed by atoms with Crippen molar-refractivity contribution < 1.29 is 5.11 Å². The molecule has 2 aliphatic rings. The van der Waals surface area contributed by atoms with E-state index in [9.17, 15) is 5.11 Å². The minimum absolute atomic E-state index is 0.456. The SMILES string of the molecule is OC1(CN2CCc3cncnc3C2)CCCCC1. The van der Waals surface area contributed by atoms with Crippen LogP contribution in [0.1, 0.15) is 43.4 Å². The molecule has 2 heterocycles. The zero-order valence-electron chi connectivity index (χ0n) is 10.8. The van der Waals surface area contributed by atoms with Crippen LogP contribution in [0.2, 0.25) is 0 Å². The van der Waals surface area contributed by atoms with Crippen LogP contribution in [-0.2, 0) is 13.0 Å². The second kappa shape index (κ2) is 4.94. The number of hydrogen-bond acceptors (Lipinski definition) is 4. The van der Waals surface area contributed by atoms with E-state index in [2.05, 4.69) is 14.9 Å². The molecule has 1 aromatic heterocycles. The molecule has 0 saturated heterocycles. The molecule has 0 atom stereocenters. The van der Waals surface area contributed by atoms with E-state index < -0.39 is 5.60 Å².